The van der Waals surface area contributed by atoms with Gasteiger partial charge in [-0.2, -0.15) is 0 Å². The number of carbonyl (C=O) groups excluding carboxylic acids is 3. The normalized spacial score (nSPS) is 15.0. The second-order valence-corrected chi connectivity index (χ2v) is 7.36. The Labute approximate surface area is 181 Å². The van der Waals surface area contributed by atoms with Crippen molar-refractivity contribution in [2.75, 3.05) is 18.6 Å². The van der Waals surface area contributed by atoms with Gasteiger partial charge in [-0.3, -0.25) is 9.59 Å². The topological polar surface area (TPSA) is 98.9 Å². The average molecular weight is 471 g/mol. The number of methoxy groups -OCH3 is 1. The van der Waals surface area contributed by atoms with Crippen molar-refractivity contribution in [3.05, 3.63) is 75.5 Å². The summed E-state index contributed by atoms with van der Waals surface area (Å²) in [6.07, 6.45) is 1.68. The first-order valence-corrected chi connectivity index (χ1v) is 9.73. The van der Waals surface area contributed by atoms with Crippen molar-refractivity contribution >= 4 is 45.4 Å². The van der Waals surface area contributed by atoms with Gasteiger partial charge < -0.3 is 20.1 Å². The molecule has 0 saturated carbocycles. The Hall–Kier alpha value is -3.39. The highest BCUT2D eigenvalue weighted by atomic mass is 79.9. The third-order valence-corrected chi connectivity index (χ3v) is 4.97. The number of hydrogen-bond donors (Lipinski definition) is 1. The molecule has 1 aliphatic rings. The van der Waals surface area contributed by atoms with E-state index in [-0.39, 0.29) is 12.2 Å². The van der Waals surface area contributed by atoms with Gasteiger partial charge >= 0.3 is 5.97 Å². The molecule has 2 aromatic carbocycles. The zero-order valence-corrected chi connectivity index (χ0v) is 17.9. The minimum Gasteiger partial charge on any atom is -0.484 e. The maximum absolute atomic E-state index is 13.1. The Morgan fingerprint density at radius 3 is 2.30 bits per heavy atom. The highest BCUT2D eigenvalue weighted by molar-refractivity contribution is 9.10. The van der Waals surface area contributed by atoms with Crippen molar-refractivity contribution in [1.29, 1.82) is 0 Å². The lowest BCUT2D eigenvalue weighted by Gasteiger charge is -2.21. The number of rotatable bonds is 6. The summed E-state index contributed by atoms with van der Waals surface area (Å²) in [7, 11) is 1.24. The molecule has 0 fully saturated rings. The number of benzene rings is 2. The fourth-order valence-electron chi connectivity index (χ4n) is 3.05. The minimum absolute atomic E-state index is 0.00641. The molecule has 0 spiro atoms. The SMILES string of the molecule is COC(=O)C1=C(C)N(c2ccc(Br)cc2)/C(=C\c2ccc(OCC(N)=O)cc2)C1=O. The molecule has 1 aliphatic heterocycles. The van der Waals surface area contributed by atoms with Crippen molar-refractivity contribution in [2.24, 2.45) is 5.73 Å². The van der Waals surface area contributed by atoms with Crippen LogP contribution in [0.3, 0.4) is 0 Å². The van der Waals surface area contributed by atoms with E-state index in [4.69, 9.17) is 15.2 Å². The molecule has 0 aromatic heterocycles. The van der Waals surface area contributed by atoms with Gasteiger partial charge in [-0.05, 0) is 55.0 Å². The van der Waals surface area contributed by atoms with Crippen LogP contribution in [0.2, 0.25) is 0 Å². The first-order chi connectivity index (χ1) is 14.3. The van der Waals surface area contributed by atoms with Crippen LogP contribution in [0.15, 0.2) is 70.0 Å². The third kappa shape index (κ3) is 4.44. The van der Waals surface area contributed by atoms with Gasteiger partial charge in [0.1, 0.15) is 11.3 Å². The van der Waals surface area contributed by atoms with Crippen LogP contribution in [0.1, 0.15) is 12.5 Å². The molecule has 0 aliphatic carbocycles. The summed E-state index contributed by atoms with van der Waals surface area (Å²) in [6.45, 7) is 1.48. The van der Waals surface area contributed by atoms with E-state index in [1.807, 2.05) is 24.3 Å². The predicted octanol–water partition coefficient (Wildman–Crippen LogP) is 3.19. The Morgan fingerprint density at radius 2 is 1.73 bits per heavy atom. The number of nitrogens with zero attached hydrogens (tertiary/aromatic N) is 1. The quantitative estimate of drug-likeness (QED) is 0.395. The number of allylic oxidation sites excluding steroid dienone is 2. The van der Waals surface area contributed by atoms with Crippen LogP contribution in [0.5, 0.6) is 5.75 Å². The summed E-state index contributed by atoms with van der Waals surface area (Å²) >= 11 is 3.40. The van der Waals surface area contributed by atoms with Crippen molar-refractivity contribution in [1.82, 2.24) is 0 Å². The van der Waals surface area contributed by atoms with Gasteiger partial charge in [0, 0.05) is 15.9 Å². The molecule has 30 heavy (non-hydrogen) atoms. The number of amides is 1. The molecule has 0 bridgehead atoms. The highest BCUT2D eigenvalue weighted by Crippen LogP contribution is 2.36. The summed E-state index contributed by atoms with van der Waals surface area (Å²) < 4.78 is 10.9. The fourth-order valence-corrected chi connectivity index (χ4v) is 3.32. The van der Waals surface area contributed by atoms with Crippen molar-refractivity contribution in [2.45, 2.75) is 6.92 Å². The van der Waals surface area contributed by atoms with Crippen molar-refractivity contribution < 1.29 is 23.9 Å². The number of ether oxygens (including phenoxy) is 2. The summed E-state index contributed by atoms with van der Waals surface area (Å²) in [5.74, 6) is -1.20. The zero-order valence-electron chi connectivity index (χ0n) is 16.3. The first kappa shape index (κ1) is 21.3. The lowest BCUT2D eigenvalue weighted by molar-refractivity contribution is -0.137. The molecule has 0 saturated heterocycles. The molecule has 1 amide bonds. The van der Waals surface area contributed by atoms with E-state index >= 15 is 0 Å². The summed E-state index contributed by atoms with van der Waals surface area (Å²) in [5.41, 5.74) is 7.32. The van der Waals surface area contributed by atoms with E-state index in [1.165, 1.54) is 7.11 Å². The maximum Gasteiger partial charge on any atom is 0.343 e. The van der Waals surface area contributed by atoms with Crippen LogP contribution in [0.4, 0.5) is 5.69 Å². The minimum atomic E-state index is -0.682. The van der Waals surface area contributed by atoms with Crippen LogP contribution >= 0.6 is 15.9 Å². The lowest BCUT2D eigenvalue weighted by Crippen LogP contribution is -2.20. The van der Waals surface area contributed by atoms with Crippen molar-refractivity contribution in [3.8, 4) is 5.75 Å². The fraction of sp³-hybridized carbons (Fsp3) is 0.136. The predicted molar refractivity (Wildman–Crippen MR) is 115 cm³/mol. The molecule has 2 N–H and O–H groups in total. The number of anilines is 1. The van der Waals surface area contributed by atoms with E-state index < -0.39 is 17.7 Å². The number of primary amides is 1. The van der Waals surface area contributed by atoms with Crippen LogP contribution in [0, 0.1) is 0 Å². The molecule has 0 radical (unpaired) electrons. The van der Waals surface area contributed by atoms with Gasteiger partial charge in [0.2, 0.25) is 5.78 Å². The van der Waals surface area contributed by atoms with E-state index in [9.17, 15) is 14.4 Å². The van der Waals surface area contributed by atoms with Gasteiger partial charge in [0.15, 0.2) is 6.61 Å². The van der Waals surface area contributed by atoms with Crippen LogP contribution in [-0.2, 0) is 19.1 Å². The third-order valence-electron chi connectivity index (χ3n) is 4.44. The molecule has 7 nitrogen and oxygen atoms in total. The zero-order chi connectivity index (χ0) is 21.8. The molecule has 8 heteroatoms. The molecule has 0 unspecified atom stereocenters. The molecule has 3 rings (SSSR count). The van der Waals surface area contributed by atoms with Crippen molar-refractivity contribution in [3.63, 3.8) is 0 Å². The monoisotopic (exact) mass is 470 g/mol. The van der Waals surface area contributed by atoms with E-state index in [0.717, 1.165) is 10.2 Å². The highest BCUT2D eigenvalue weighted by Gasteiger charge is 2.38. The molecule has 1 heterocycles. The van der Waals surface area contributed by atoms with Gasteiger partial charge in [-0.1, -0.05) is 28.1 Å². The molecule has 0 atom stereocenters. The number of halogens is 1. The van der Waals surface area contributed by atoms with Gasteiger partial charge in [-0.25, -0.2) is 4.79 Å². The number of carbonyl (C=O) groups is 3. The maximum atomic E-state index is 13.1. The smallest absolute Gasteiger partial charge is 0.343 e. The number of esters is 1. The largest absolute Gasteiger partial charge is 0.484 e. The first-order valence-electron chi connectivity index (χ1n) is 8.94. The lowest BCUT2D eigenvalue weighted by atomic mass is 10.1. The number of Topliss-reactive ketones (excluding diaryl/α,β-unsaturated/α-hetero) is 1. The number of hydrogen-bond acceptors (Lipinski definition) is 6. The summed E-state index contributed by atoms with van der Waals surface area (Å²) in [4.78, 5) is 37.8. The number of ketones is 1. The molecular formula is C22H19BrN2O5. The Balaban J connectivity index is 2.00. The van der Waals surface area contributed by atoms with E-state index in [2.05, 4.69) is 15.9 Å². The second kappa shape index (κ2) is 8.96. The van der Waals surface area contributed by atoms with Crippen LogP contribution < -0.4 is 15.4 Å². The van der Waals surface area contributed by atoms with Gasteiger partial charge in [-0.15, -0.1) is 0 Å². The standard InChI is InChI=1S/C22H19BrN2O5/c1-13-20(22(28)29-2)21(27)18(25(13)16-7-5-15(23)6-8-16)11-14-3-9-17(10-4-14)30-12-19(24)26/h3-11H,12H2,1-2H3,(H2,24,26)/b18-11-. The molecule has 2 aromatic rings. The molecular weight excluding hydrogens is 452 g/mol. The van der Waals surface area contributed by atoms with Crippen LogP contribution in [0.25, 0.3) is 6.08 Å². The summed E-state index contributed by atoms with van der Waals surface area (Å²) in [6, 6.07) is 14.2. The van der Waals surface area contributed by atoms with E-state index in [1.54, 1.807) is 42.2 Å². The Kier molecular flexibility index (Phi) is 6.37. The molecule has 154 valence electrons. The summed E-state index contributed by atoms with van der Waals surface area (Å²) in [5, 5.41) is 0. The second-order valence-electron chi connectivity index (χ2n) is 6.45. The average Bonchev–Trinajstić information content (AvgIpc) is 2.97. The number of nitrogens with two attached hydrogens (primary N) is 1. The Morgan fingerprint density at radius 1 is 1.10 bits per heavy atom. The van der Waals surface area contributed by atoms with Gasteiger partial charge in [0.25, 0.3) is 5.91 Å². The Bertz CT molecular complexity index is 1060. The van der Waals surface area contributed by atoms with Crippen LogP contribution in [-0.4, -0.2) is 31.4 Å². The van der Waals surface area contributed by atoms with Gasteiger partial charge in [0.05, 0.1) is 12.8 Å². The van der Waals surface area contributed by atoms with E-state index in [0.29, 0.717) is 22.7 Å².